The summed E-state index contributed by atoms with van der Waals surface area (Å²) in [5.74, 6) is 0. The van der Waals surface area contributed by atoms with Gasteiger partial charge in [-0.05, 0) is 45.4 Å². The Hall–Kier alpha value is -0.930. The molecule has 1 aromatic rings. The lowest BCUT2D eigenvalue weighted by Crippen LogP contribution is -2.20. The third-order valence-electron chi connectivity index (χ3n) is 3.78. The molecule has 1 aromatic carbocycles. The molecule has 1 unspecified atom stereocenters. The molecule has 0 spiro atoms. The van der Waals surface area contributed by atoms with Gasteiger partial charge in [-0.2, -0.15) is 0 Å². The van der Waals surface area contributed by atoms with Crippen molar-refractivity contribution in [1.29, 1.82) is 0 Å². The summed E-state index contributed by atoms with van der Waals surface area (Å²) in [6.45, 7) is 6.28. The Balaban J connectivity index is 3.76. The van der Waals surface area contributed by atoms with Crippen LogP contribution in [0.5, 0.6) is 0 Å². The summed E-state index contributed by atoms with van der Waals surface area (Å²) >= 11 is 0. The van der Waals surface area contributed by atoms with Crippen LogP contribution in [-0.4, -0.2) is 42.0 Å². The van der Waals surface area contributed by atoms with Crippen molar-refractivity contribution in [1.82, 2.24) is 0 Å². The fraction of sp³-hybridized carbons (Fsp3) is 0.600. The van der Waals surface area contributed by atoms with E-state index in [9.17, 15) is 25.3 Å². The first kappa shape index (κ1) is 21.1. The minimum Gasteiger partial charge on any atom is -0.224 e. The second-order valence-corrected chi connectivity index (χ2v) is 13.0. The van der Waals surface area contributed by atoms with Crippen molar-refractivity contribution in [2.45, 2.75) is 65.7 Å². The van der Waals surface area contributed by atoms with E-state index in [1.54, 1.807) is 0 Å². The first-order valence-corrected chi connectivity index (χ1v) is 12.6. The normalized spacial score (nSPS) is 14.8. The number of rotatable bonds is 7. The van der Waals surface area contributed by atoms with Crippen molar-refractivity contribution in [2.24, 2.45) is 0 Å². The van der Waals surface area contributed by atoms with Crippen LogP contribution in [0.2, 0.25) is 0 Å². The van der Waals surface area contributed by atoms with Crippen molar-refractivity contribution in [3.05, 3.63) is 18.2 Å². The van der Waals surface area contributed by atoms with E-state index >= 15 is 0 Å². The van der Waals surface area contributed by atoms with Gasteiger partial charge >= 0.3 is 0 Å². The molecular formula is C15H24O6S3. The lowest BCUT2D eigenvalue weighted by molar-refractivity contribution is 0.574. The van der Waals surface area contributed by atoms with Crippen LogP contribution in [0.25, 0.3) is 0 Å². The first-order valence-electron chi connectivity index (χ1n) is 7.57. The summed E-state index contributed by atoms with van der Waals surface area (Å²) in [4.78, 5) is -0.875. The lowest BCUT2D eigenvalue weighted by atomic mass is 10.3. The third-order valence-corrected chi connectivity index (χ3v) is 9.20. The van der Waals surface area contributed by atoms with Gasteiger partial charge in [0.05, 0.1) is 25.2 Å². The molecule has 0 heterocycles. The largest absolute Gasteiger partial charge is 0.224 e. The quantitative estimate of drug-likeness (QED) is 0.700. The standard InChI is InChI=1S/C15H24O6S3/c1-6-7-12(4)24(20,21)15-9-13(22(5,16)17)8-14(10-15)23(18,19)11(2)3/h8-12H,6-7H2,1-5H3. The Morgan fingerprint density at radius 1 is 0.792 bits per heavy atom. The SMILES string of the molecule is CCCC(C)S(=O)(=O)c1cc(S(C)(=O)=O)cc(S(=O)(=O)C(C)C)c1. The first-order chi connectivity index (χ1) is 10.7. The number of benzene rings is 1. The van der Waals surface area contributed by atoms with Gasteiger partial charge in [-0.3, -0.25) is 0 Å². The molecule has 0 N–H and O–H groups in total. The molecule has 0 bridgehead atoms. The minimum atomic E-state index is -3.82. The molecule has 0 aliphatic carbocycles. The maximum Gasteiger partial charge on any atom is 0.181 e. The smallest absolute Gasteiger partial charge is 0.181 e. The van der Waals surface area contributed by atoms with Gasteiger partial charge in [0.25, 0.3) is 0 Å². The maximum atomic E-state index is 12.7. The highest BCUT2D eigenvalue weighted by atomic mass is 32.2. The fourth-order valence-electron chi connectivity index (χ4n) is 2.15. The predicted octanol–water partition coefficient (Wildman–Crippen LogP) is 2.23. The molecule has 0 aromatic heterocycles. The zero-order chi connectivity index (χ0) is 18.9. The van der Waals surface area contributed by atoms with E-state index < -0.39 is 40.0 Å². The van der Waals surface area contributed by atoms with E-state index in [4.69, 9.17) is 0 Å². The van der Waals surface area contributed by atoms with Crippen LogP contribution in [0.1, 0.15) is 40.5 Å². The molecule has 9 heteroatoms. The second-order valence-electron chi connectivity index (χ2n) is 6.15. The third kappa shape index (κ3) is 4.37. The Bertz CT molecular complexity index is 910. The Kier molecular flexibility index (Phi) is 6.27. The van der Waals surface area contributed by atoms with Crippen LogP contribution >= 0.6 is 0 Å². The van der Waals surface area contributed by atoms with Crippen LogP contribution in [0.4, 0.5) is 0 Å². The lowest BCUT2D eigenvalue weighted by Gasteiger charge is -2.15. The average Bonchev–Trinajstić information content (AvgIpc) is 2.45. The van der Waals surface area contributed by atoms with Crippen LogP contribution in [0.3, 0.4) is 0 Å². The zero-order valence-corrected chi connectivity index (χ0v) is 16.9. The summed E-state index contributed by atoms with van der Waals surface area (Å²) in [5, 5.41) is -1.53. The molecule has 24 heavy (non-hydrogen) atoms. The van der Waals surface area contributed by atoms with Crippen LogP contribution in [0, 0.1) is 0 Å². The highest BCUT2D eigenvalue weighted by Crippen LogP contribution is 2.28. The molecular weight excluding hydrogens is 372 g/mol. The van der Waals surface area contributed by atoms with E-state index in [-0.39, 0.29) is 14.7 Å². The molecule has 138 valence electrons. The van der Waals surface area contributed by atoms with E-state index in [1.165, 1.54) is 20.8 Å². The van der Waals surface area contributed by atoms with Gasteiger partial charge in [0.1, 0.15) is 0 Å². The van der Waals surface area contributed by atoms with E-state index in [0.717, 1.165) is 24.5 Å². The molecule has 0 aliphatic heterocycles. The summed E-state index contributed by atoms with van der Waals surface area (Å²) in [6.07, 6.45) is 1.96. The van der Waals surface area contributed by atoms with Crippen molar-refractivity contribution in [3.63, 3.8) is 0 Å². The van der Waals surface area contributed by atoms with Gasteiger partial charge in [0.2, 0.25) is 0 Å². The highest BCUT2D eigenvalue weighted by molar-refractivity contribution is 7.93. The fourth-order valence-corrected chi connectivity index (χ4v) is 5.78. The van der Waals surface area contributed by atoms with Gasteiger partial charge < -0.3 is 0 Å². The van der Waals surface area contributed by atoms with Crippen LogP contribution < -0.4 is 0 Å². The van der Waals surface area contributed by atoms with E-state index in [2.05, 4.69) is 0 Å². The topological polar surface area (TPSA) is 102 Å². The van der Waals surface area contributed by atoms with E-state index in [1.807, 2.05) is 6.92 Å². The Morgan fingerprint density at radius 2 is 1.21 bits per heavy atom. The Labute approximate surface area is 145 Å². The van der Waals surface area contributed by atoms with Gasteiger partial charge in [0.15, 0.2) is 29.5 Å². The summed E-state index contributed by atoms with van der Waals surface area (Å²) < 4.78 is 73.8. The monoisotopic (exact) mass is 396 g/mol. The van der Waals surface area contributed by atoms with Crippen molar-refractivity contribution < 1.29 is 25.3 Å². The number of hydrogen-bond acceptors (Lipinski definition) is 6. The zero-order valence-electron chi connectivity index (χ0n) is 14.5. The second kappa shape index (κ2) is 7.13. The molecule has 6 nitrogen and oxygen atoms in total. The number of hydrogen-bond donors (Lipinski definition) is 0. The average molecular weight is 397 g/mol. The maximum absolute atomic E-state index is 12.7. The minimum absolute atomic E-state index is 0.273. The van der Waals surface area contributed by atoms with Crippen molar-refractivity contribution >= 4 is 29.5 Å². The summed E-state index contributed by atoms with van der Waals surface area (Å²) in [5.41, 5.74) is 0. The van der Waals surface area contributed by atoms with Crippen LogP contribution in [0.15, 0.2) is 32.9 Å². The molecule has 1 atom stereocenters. The van der Waals surface area contributed by atoms with Gasteiger partial charge in [-0.1, -0.05) is 13.3 Å². The summed E-state index contributed by atoms with van der Waals surface area (Å²) in [7, 11) is -11.4. The molecule has 0 radical (unpaired) electrons. The number of sulfone groups is 3. The molecule has 0 aliphatic rings. The van der Waals surface area contributed by atoms with Gasteiger partial charge in [-0.25, -0.2) is 25.3 Å². The highest BCUT2D eigenvalue weighted by Gasteiger charge is 2.28. The molecule has 0 saturated carbocycles. The predicted molar refractivity (Wildman–Crippen MR) is 93.4 cm³/mol. The van der Waals surface area contributed by atoms with Crippen molar-refractivity contribution in [2.75, 3.05) is 6.26 Å². The van der Waals surface area contributed by atoms with Crippen LogP contribution in [-0.2, 0) is 29.5 Å². The van der Waals surface area contributed by atoms with E-state index in [0.29, 0.717) is 12.8 Å². The molecule has 0 saturated heterocycles. The van der Waals surface area contributed by atoms with Gasteiger partial charge in [0, 0.05) is 6.26 Å². The van der Waals surface area contributed by atoms with Crippen molar-refractivity contribution in [3.8, 4) is 0 Å². The molecule has 0 fully saturated rings. The van der Waals surface area contributed by atoms with Gasteiger partial charge in [-0.15, -0.1) is 0 Å². The summed E-state index contributed by atoms with van der Waals surface area (Å²) in [6, 6.07) is 3.12. The Morgan fingerprint density at radius 3 is 1.58 bits per heavy atom. The molecule has 0 amide bonds. The molecule has 1 rings (SSSR count).